The minimum atomic E-state index is 0. The van der Waals surface area contributed by atoms with Crippen molar-refractivity contribution in [2.75, 3.05) is 0 Å². The maximum Gasteiger partial charge on any atom is -1.00 e. The molecule has 0 amide bonds. The maximum absolute atomic E-state index is 2.33. The predicted molar refractivity (Wildman–Crippen MR) is 51.9 cm³/mol. The van der Waals surface area contributed by atoms with Crippen molar-refractivity contribution in [3.63, 3.8) is 0 Å². The summed E-state index contributed by atoms with van der Waals surface area (Å²) in [6.45, 7) is 2.17. The first-order chi connectivity index (χ1) is 6.27. The van der Waals surface area contributed by atoms with Crippen molar-refractivity contribution in [3.05, 3.63) is 50.8 Å². The molecule has 3 heteroatoms. The SMILES string of the molecule is Cc1ccccc1C1=CC[C]([Zr+2])=C1.[F-].[F-]. The fourth-order valence-electron chi connectivity index (χ4n) is 1.61. The molecule has 0 N–H and O–H groups in total. The van der Waals surface area contributed by atoms with Crippen molar-refractivity contribution < 1.29 is 34.1 Å². The molecule has 0 bridgehead atoms. The summed E-state index contributed by atoms with van der Waals surface area (Å²) in [7, 11) is 0. The molecule has 0 aliphatic heterocycles. The second-order valence-electron chi connectivity index (χ2n) is 3.35. The molecular weight excluding hydrogens is 273 g/mol. The number of aryl methyl sites for hydroxylation is 1. The Kier molecular flexibility index (Phi) is 5.89. The Morgan fingerprint density at radius 1 is 1.13 bits per heavy atom. The van der Waals surface area contributed by atoms with Crippen molar-refractivity contribution in [2.45, 2.75) is 13.3 Å². The average Bonchev–Trinajstić information content (AvgIpc) is 2.53. The molecule has 0 nitrogen and oxygen atoms in total. The quantitative estimate of drug-likeness (QED) is 0.523. The monoisotopic (exact) mass is 283 g/mol. The third-order valence-corrected chi connectivity index (χ3v) is 3.18. The zero-order chi connectivity index (χ0) is 9.26. The van der Waals surface area contributed by atoms with Crippen molar-refractivity contribution in [2.24, 2.45) is 0 Å². The number of rotatable bonds is 1. The number of benzene rings is 1. The van der Waals surface area contributed by atoms with Gasteiger partial charge in [0.05, 0.1) is 0 Å². The minimum Gasteiger partial charge on any atom is -1.00 e. The molecule has 0 saturated heterocycles. The molecule has 0 unspecified atom stereocenters. The third-order valence-electron chi connectivity index (χ3n) is 2.33. The van der Waals surface area contributed by atoms with Gasteiger partial charge in [-0.1, -0.05) is 0 Å². The molecule has 0 heterocycles. The van der Waals surface area contributed by atoms with Gasteiger partial charge in [0.2, 0.25) is 0 Å². The van der Waals surface area contributed by atoms with Gasteiger partial charge in [-0.05, 0) is 0 Å². The first kappa shape index (κ1) is 14.4. The maximum atomic E-state index is 2.33. The Labute approximate surface area is 104 Å². The molecule has 0 aromatic heterocycles. The second-order valence-corrected chi connectivity index (χ2v) is 4.93. The van der Waals surface area contributed by atoms with Gasteiger partial charge in [0.25, 0.3) is 0 Å². The van der Waals surface area contributed by atoms with E-state index in [9.17, 15) is 0 Å². The van der Waals surface area contributed by atoms with Gasteiger partial charge in [-0.2, -0.15) is 0 Å². The van der Waals surface area contributed by atoms with Crippen molar-refractivity contribution in [1.29, 1.82) is 0 Å². The van der Waals surface area contributed by atoms with E-state index in [4.69, 9.17) is 0 Å². The summed E-state index contributed by atoms with van der Waals surface area (Å²) in [4.78, 5) is 0. The first-order valence-corrected chi connectivity index (χ1v) is 5.68. The Bertz CT molecular complexity index is 394. The van der Waals surface area contributed by atoms with Gasteiger partial charge in [-0.15, -0.1) is 0 Å². The molecular formula is C12H11F2Zr. The molecule has 0 saturated carbocycles. The molecule has 0 spiro atoms. The van der Waals surface area contributed by atoms with Crippen LogP contribution in [0.3, 0.4) is 0 Å². The van der Waals surface area contributed by atoms with E-state index < -0.39 is 0 Å². The van der Waals surface area contributed by atoms with Crippen LogP contribution in [0.2, 0.25) is 0 Å². The third kappa shape index (κ3) is 3.20. The van der Waals surface area contributed by atoms with Crippen LogP contribution in [-0.4, -0.2) is 0 Å². The van der Waals surface area contributed by atoms with Crippen LogP contribution < -0.4 is 9.41 Å². The summed E-state index contributed by atoms with van der Waals surface area (Å²) in [5, 5.41) is 0. The molecule has 0 fully saturated rings. The predicted octanol–water partition coefficient (Wildman–Crippen LogP) is -2.78. The largest absolute Gasteiger partial charge is 1.00 e. The van der Waals surface area contributed by atoms with E-state index in [0.29, 0.717) is 0 Å². The summed E-state index contributed by atoms with van der Waals surface area (Å²) in [6, 6.07) is 8.58. The molecule has 0 atom stereocenters. The van der Waals surface area contributed by atoms with Crippen LogP contribution in [0, 0.1) is 6.92 Å². The van der Waals surface area contributed by atoms with Gasteiger partial charge in [0.1, 0.15) is 0 Å². The number of hydrogen-bond donors (Lipinski definition) is 0. The summed E-state index contributed by atoms with van der Waals surface area (Å²) >= 11 is 1.55. The normalized spacial score (nSPS) is 13.5. The zero-order valence-corrected chi connectivity index (χ0v) is 10.9. The number of allylic oxidation sites excluding steroid dienone is 4. The van der Waals surface area contributed by atoms with E-state index >= 15 is 0 Å². The van der Waals surface area contributed by atoms with E-state index in [-0.39, 0.29) is 9.41 Å². The van der Waals surface area contributed by atoms with Crippen molar-refractivity contribution in [3.8, 4) is 0 Å². The van der Waals surface area contributed by atoms with Crippen molar-refractivity contribution in [1.82, 2.24) is 0 Å². The van der Waals surface area contributed by atoms with Crippen LogP contribution >= 0.6 is 0 Å². The molecule has 2 rings (SSSR count). The van der Waals surface area contributed by atoms with E-state index in [1.807, 2.05) is 0 Å². The van der Waals surface area contributed by atoms with Gasteiger partial charge in [0, 0.05) is 0 Å². The van der Waals surface area contributed by atoms with Gasteiger partial charge in [-0.25, -0.2) is 0 Å². The molecule has 0 radical (unpaired) electrons. The van der Waals surface area contributed by atoms with Gasteiger partial charge in [-0.3, -0.25) is 0 Å². The van der Waals surface area contributed by atoms with Crippen LogP contribution in [0.15, 0.2) is 39.7 Å². The van der Waals surface area contributed by atoms with Gasteiger partial charge < -0.3 is 9.41 Å². The molecule has 77 valence electrons. The summed E-state index contributed by atoms with van der Waals surface area (Å²) in [5.74, 6) is 0. The Balaban J connectivity index is 0.000000980. The number of halogens is 2. The minimum absolute atomic E-state index is 0. The van der Waals surface area contributed by atoms with E-state index in [1.165, 1.54) is 16.7 Å². The van der Waals surface area contributed by atoms with E-state index in [2.05, 4.69) is 43.3 Å². The Morgan fingerprint density at radius 2 is 1.80 bits per heavy atom. The molecule has 1 aliphatic rings. The fraction of sp³-hybridized carbons (Fsp3) is 0.167. The molecule has 1 aromatic rings. The van der Waals surface area contributed by atoms with Crippen LogP contribution in [0.25, 0.3) is 5.57 Å². The number of hydrogen-bond acceptors (Lipinski definition) is 0. The topological polar surface area (TPSA) is 0 Å². The van der Waals surface area contributed by atoms with E-state index in [1.54, 1.807) is 28.0 Å². The summed E-state index contributed by atoms with van der Waals surface area (Å²) in [6.07, 6.45) is 5.80. The Hall–Kier alpha value is -0.557. The van der Waals surface area contributed by atoms with Crippen molar-refractivity contribution >= 4 is 5.57 Å². The van der Waals surface area contributed by atoms with Crippen LogP contribution in [0.5, 0.6) is 0 Å². The van der Waals surface area contributed by atoms with E-state index in [0.717, 1.165) is 6.42 Å². The Morgan fingerprint density at radius 3 is 2.33 bits per heavy atom. The standard InChI is InChI=1S/C12H11.2FH.Zr/c1-10-6-2-5-9-12(10)11-7-3-4-8-11;;;/h2,5-9H,3H2,1H3;2*1H;/q;;;+2/p-2. The van der Waals surface area contributed by atoms with Crippen LogP contribution in [-0.2, 0) is 24.7 Å². The first-order valence-electron chi connectivity index (χ1n) is 4.46. The summed E-state index contributed by atoms with van der Waals surface area (Å²) in [5.41, 5.74) is 4.17. The molecule has 1 aromatic carbocycles. The second kappa shape index (κ2) is 6.12. The fourth-order valence-corrected chi connectivity index (χ4v) is 2.24. The van der Waals surface area contributed by atoms with Gasteiger partial charge in [0.15, 0.2) is 0 Å². The smallest absolute Gasteiger partial charge is 1.00 e. The average molecular weight is 284 g/mol. The van der Waals surface area contributed by atoms with Crippen LogP contribution in [0.4, 0.5) is 0 Å². The van der Waals surface area contributed by atoms with Gasteiger partial charge >= 0.3 is 94.5 Å². The molecule has 15 heavy (non-hydrogen) atoms. The molecule has 1 aliphatic carbocycles. The van der Waals surface area contributed by atoms with Crippen LogP contribution in [0.1, 0.15) is 17.5 Å². The summed E-state index contributed by atoms with van der Waals surface area (Å²) < 4.78 is 1.55. The zero-order valence-electron chi connectivity index (χ0n) is 8.43.